The molecule has 0 saturated heterocycles. The van der Waals surface area contributed by atoms with Crippen molar-refractivity contribution in [1.29, 1.82) is 0 Å². The third-order valence-electron chi connectivity index (χ3n) is 5.11. The van der Waals surface area contributed by atoms with Crippen molar-refractivity contribution in [3.05, 3.63) is 48.0 Å². The molecule has 0 radical (unpaired) electrons. The molecule has 4 rings (SSSR count). The molecule has 8 heteroatoms. The first kappa shape index (κ1) is 19.6. The number of ether oxygens (including phenoxy) is 1. The predicted octanol–water partition coefficient (Wildman–Crippen LogP) is 3.00. The largest absolute Gasteiger partial charge is 0.481 e. The molecule has 0 aliphatic carbocycles. The van der Waals surface area contributed by atoms with Gasteiger partial charge in [-0.2, -0.15) is 5.10 Å². The minimum atomic E-state index is -0.710. The fraction of sp³-hybridized carbons (Fsp3) is 0.273. The molecule has 3 N–H and O–H groups in total. The van der Waals surface area contributed by atoms with Crippen LogP contribution in [0.25, 0.3) is 22.6 Å². The maximum Gasteiger partial charge on any atom is 0.258 e. The molecular weight excluding hydrogens is 384 g/mol. The summed E-state index contributed by atoms with van der Waals surface area (Å²) in [6.45, 7) is 3.64. The van der Waals surface area contributed by atoms with Crippen LogP contribution in [-0.2, 0) is 9.59 Å². The van der Waals surface area contributed by atoms with E-state index in [1.54, 1.807) is 19.1 Å². The summed E-state index contributed by atoms with van der Waals surface area (Å²) < 4.78 is 11.4. The van der Waals surface area contributed by atoms with E-state index in [1.165, 1.54) is 0 Å². The van der Waals surface area contributed by atoms with Crippen LogP contribution in [0.4, 0.5) is 0 Å². The van der Waals surface area contributed by atoms with Crippen LogP contribution in [0.5, 0.6) is 5.75 Å². The second-order valence-electron chi connectivity index (χ2n) is 7.23. The van der Waals surface area contributed by atoms with E-state index in [1.807, 2.05) is 37.3 Å². The highest BCUT2D eigenvalue weighted by Gasteiger charge is 2.24. The third kappa shape index (κ3) is 3.89. The first-order valence-electron chi connectivity index (χ1n) is 9.78. The van der Waals surface area contributed by atoms with Gasteiger partial charge in [-0.15, -0.1) is 0 Å². The van der Waals surface area contributed by atoms with Gasteiger partial charge in [-0.1, -0.05) is 13.0 Å². The van der Waals surface area contributed by atoms with Crippen molar-refractivity contribution in [2.45, 2.75) is 32.8 Å². The SMILES string of the molecule is CCC1CC(=O)NN=C1c1ccc2nc(-c3ccc(OC(C)C(N)=O)cc3)oc2c1. The van der Waals surface area contributed by atoms with Crippen LogP contribution in [0.15, 0.2) is 52.0 Å². The number of carbonyl (C=O) groups excluding carboxylic acids is 2. The van der Waals surface area contributed by atoms with Gasteiger partial charge in [0.1, 0.15) is 11.3 Å². The summed E-state index contributed by atoms with van der Waals surface area (Å²) in [5, 5.41) is 4.26. The second kappa shape index (κ2) is 7.98. The minimum Gasteiger partial charge on any atom is -0.481 e. The Labute approximate surface area is 173 Å². The number of rotatable bonds is 6. The van der Waals surface area contributed by atoms with Crippen LogP contribution >= 0.6 is 0 Å². The van der Waals surface area contributed by atoms with E-state index >= 15 is 0 Å². The van der Waals surface area contributed by atoms with Gasteiger partial charge in [0.2, 0.25) is 11.8 Å². The van der Waals surface area contributed by atoms with Crippen molar-refractivity contribution in [2.24, 2.45) is 16.8 Å². The van der Waals surface area contributed by atoms with Gasteiger partial charge < -0.3 is 14.9 Å². The van der Waals surface area contributed by atoms with E-state index < -0.39 is 12.0 Å². The molecule has 2 amide bonds. The summed E-state index contributed by atoms with van der Waals surface area (Å²) in [4.78, 5) is 27.3. The van der Waals surface area contributed by atoms with Gasteiger partial charge in [-0.05, 0) is 49.7 Å². The maximum atomic E-state index is 11.6. The quantitative estimate of drug-likeness (QED) is 0.652. The fourth-order valence-corrected chi connectivity index (χ4v) is 3.36. The van der Waals surface area contributed by atoms with Crippen molar-refractivity contribution in [3.63, 3.8) is 0 Å². The molecule has 30 heavy (non-hydrogen) atoms. The predicted molar refractivity (Wildman–Crippen MR) is 112 cm³/mol. The lowest BCUT2D eigenvalue weighted by atomic mass is 9.90. The Bertz CT molecular complexity index is 1130. The zero-order valence-corrected chi connectivity index (χ0v) is 16.7. The molecule has 1 aliphatic heterocycles. The number of hydrazone groups is 1. The fourth-order valence-electron chi connectivity index (χ4n) is 3.36. The summed E-state index contributed by atoms with van der Waals surface area (Å²) in [6, 6.07) is 12.8. The number of nitrogens with one attached hydrogen (secondary N) is 1. The van der Waals surface area contributed by atoms with Gasteiger partial charge in [-0.25, -0.2) is 10.4 Å². The number of amides is 2. The molecule has 2 aromatic carbocycles. The molecule has 0 saturated carbocycles. The van der Waals surface area contributed by atoms with Gasteiger partial charge in [0.05, 0.1) is 5.71 Å². The van der Waals surface area contributed by atoms with Gasteiger partial charge >= 0.3 is 0 Å². The highest BCUT2D eigenvalue weighted by molar-refractivity contribution is 6.07. The average Bonchev–Trinajstić information content (AvgIpc) is 3.17. The number of oxazole rings is 1. The smallest absolute Gasteiger partial charge is 0.258 e. The number of hydrogen-bond donors (Lipinski definition) is 2. The second-order valence-corrected chi connectivity index (χ2v) is 7.23. The number of primary amides is 1. The summed E-state index contributed by atoms with van der Waals surface area (Å²) >= 11 is 0. The molecule has 0 fully saturated rings. The first-order valence-corrected chi connectivity index (χ1v) is 9.78. The van der Waals surface area contributed by atoms with Crippen LogP contribution in [0.1, 0.15) is 32.3 Å². The molecule has 154 valence electrons. The molecule has 8 nitrogen and oxygen atoms in total. The highest BCUT2D eigenvalue weighted by atomic mass is 16.5. The van der Waals surface area contributed by atoms with Crippen LogP contribution in [0, 0.1) is 5.92 Å². The molecule has 2 atom stereocenters. The van der Waals surface area contributed by atoms with Crippen LogP contribution in [0.2, 0.25) is 0 Å². The summed E-state index contributed by atoms with van der Waals surface area (Å²) in [5.74, 6) is 0.496. The van der Waals surface area contributed by atoms with E-state index in [0.717, 1.165) is 28.8 Å². The van der Waals surface area contributed by atoms with E-state index in [0.29, 0.717) is 23.6 Å². The molecule has 1 aromatic heterocycles. The number of aromatic nitrogens is 1. The first-order chi connectivity index (χ1) is 14.4. The van der Waals surface area contributed by atoms with Gasteiger partial charge in [0, 0.05) is 23.5 Å². The van der Waals surface area contributed by atoms with Gasteiger partial charge in [-0.3, -0.25) is 9.59 Å². The molecule has 2 heterocycles. The Morgan fingerprint density at radius 3 is 2.70 bits per heavy atom. The average molecular weight is 406 g/mol. The minimum absolute atomic E-state index is 0.0636. The van der Waals surface area contributed by atoms with Gasteiger partial charge in [0.15, 0.2) is 11.7 Å². The summed E-state index contributed by atoms with van der Waals surface area (Å²) in [5.41, 5.74) is 11.7. The topological polar surface area (TPSA) is 120 Å². The Kier molecular flexibility index (Phi) is 5.22. The van der Waals surface area contributed by atoms with E-state index in [-0.39, 0.29) is 11.8 Å². The Balaban J connectivity index is 1.60. The molecule has 3 aromatic rings. The van der Waals surface area contributed by atoms with E-state index in [2.05, 4.69) is 15.5 Å². The monoisotopic (exact) mass is 406 g/mol. The van der Waals surface area contributed by atoms with Crippen LogP contribution in [0.3, 0.4) is 0 Å². The lowest BCUT2D eigenvalue weighted by Crippen LogP contribution is -2.33. The van der Waals surface area contributed by atoms with Crippen molar-refractivity contribution < 1.29 is 18.7 Å². The molecule has 0 spiro atoms. The number of benzene rings is 2. The van der Waals surface area contributed by atoms with E-state index in [9.17, 15) is 9.59 Å². The normalized spacial score (nSPS) is 17.3. The van der Waals surface area contributed by atoms with Crippen molar-refractivity contribution in [2.75, 3.05) is 0 Å². The number of fused-ring (bicyclic) bond motifs is 1. The molecule has 2 unspecified atom stereocenters. The van der Waals surface area contributed by atoms with Crippen molar-refractivity contribution >= 4 is 28.6 Å². The van der Waals surface area contributed by atoms with Crippen molar-refractivity contribution in [3.8, 4) is 17.2 Å². The molecule has 1 aliphatic rings. The molecule has 0 bridgehead atoms. The Hall–Kier alpha value is -3.68. The number of hydrogen-bond acceptors (Lipinski definition) is 6. The summed E-state index contributed by atoms with van der Waals surface area (Å²) in [7, 11) is 0. The zero-order chi connectivity index (χ0) is 21.3. The lowest BCUT2D eigenvalue weighted by molar-refractivity contribution is -0.124. The third-order valence-corrected chi connectivity index (χ3v) is 5.11. The zero-order valence-electron chi connectivity index (χ0n) is 16.7. The van der Waals surface area contributed by atoms with Crippen LogP contribution in [-0.4, -0.2) is 28.6 Å². The Morgan fingerprint density at radius 2 is 2.00 bits per heavy atom. The van der Waals surface area contributed by atoms with Gasteiger partial charge in [0.25, 0.3) is 5.91 Å². The van der Waals surface area contributed by atoms with Crippen molar-refractivity contribution in [1.82, 2.24) is 10.4 Å². The highest BCUT2D eigenvalue weighted by Crippen LogP contribution is 2.28. The Morgan fingerprint density at radius 1 is 1.27 bits per heavy atom. The lowest BCUT2D eigenvalue weighted by Gasteiger charge is -2.21. The number of nitrogens with two attached hydrogens (primary N) is 1. The maximum absolute atomic E-state index is 11.6. The summed E-state index contributed by atoms with van der Waals surface area (Å²) in [6.07, 6.45) is 0.546. The standard InChI is InChI=1S/C22H22N4O4/c1-3-13-11-19(27)25-26-20(13)15-6-9-17-18(10-15)30-22(24-17)14-4-7-16(8-5-14)29-12(2)21(23)28/h4-10,12-13H,3,11H2,1-2H3,(H2,23,28)(H,25,27). The number of nitrogens with zero attached hydrogens (tertiary/aromatic N) is 2. The van der Waals surface area contributed by atoms with Crippen LogP contribution < -0.4 is 15.9 Å². The number of carbonyl (C=O) groups is 2. The molecular formula is C22H22N4O4. The van der Waals surface area contributed by atoms with E-state index in [4.69, 9.17) is 14.9 Å².